The molecule has 3 rings (SSSR count). The van der Waals surface area contributed by atoms with Crippen LogP contribution >= 0.6 is 0 Å². The maximum atomic E-state index is 12.4. The van der Waals surface area contributed by atoms with Crippen LogP contribution in [0.2, 0.25) is 0 Å². The lowest BCUT2D eigenvalue weighted by Crippen LogP contribution is -2.56. The first-order chi connectivity index (χ1) is 12.5. The van der Waals surface area contributed by atoms with Gasteiger partial charge < -0.3 is 19.6 Å². The van der Waals surface area contributed by atoms with Crippen molar-refractivity contribution in [3.05, 3.63) is 29.8 Å². The van der Waals surface area contributed by atoms with Crippen LogP contribution in [-0.2, 0) is 4.74 Å². The van der Waals surface area contributed by atoms with E-state index in [0.717, 1.165) is 44.3 Å². The number of amides is 1. The Balaban J connectivity index is 1.94. The highest BCUT2D eigenvalue weighted by Crippen LogP contribution is 2.49. The number of benzene rings is 1. The van der Waals surface area contributed by atoms with Gasteiger partial charge in [0.1, 0.15) is 0 Å². The molecule has 1 aromatic rings. The van der Waals surface area contributed by atoms with Crippen molar-refractivity contribution >= 4 is 11.8 Å². The van der Waals surface area contributed by atoms with E-state index in [4.69, 9.17) is 4.74 Å². The van der Waals surface area contributed by atoms with Crippen molar-refractivity contribution in [2.45, 2.75) is 57.6 Å². The molecule has 26 heavy (non-hydrogen) atoms. The second kappa shape index (κ2) is 7.87. The molecule has 0 bridgehead atoms. The van der Waals surface area contributed by atoms with E-state index in [1.165, 1.54) is 12.8 Å². The van der Waals surface area contributed by atoms with Gasteiger partial charge in [0.25, 0.3) is 0 Å². The SMILES string of the molecule is CCN(CC)c1ccc([C@H]2[C@@H]3CCCC[C@]3(O)CCN2C(=O)OC)cc1. The number of fused-ring (bicyclic) bond motifs is 1. The van der Waals surface area contributed by atoms with Crippen molar-refractivity contribution in [2.75, 3.05) is 31.6 Å². The molecule has 0 unspecified atom stereocenters. The molecule has 0 radical (unpaired) electrons. The molecule has 0 spiro atoms. The molecule has 2 aliphatic rings. The van der Waals surface area contributed by atoms with Gasteiger partial charge in [-0.3, -0.25) is 0 Å². The molecular weight excluding hydrogens is 328 g/mol. The second-order valence-electron chi connectivity index (χ2n) is 7.58. The fourth-order valence-corrected chi connectivity index (χ4v) is 4.89. The Labute approximate surface area is 156 Å². The van der Waals surface area contributed by atoms with Crippen molar-refractivity contribution in [3.8, 4) is 0 Å². The third kappa shape index (κ3) is 3.41. The van der Waals surface area contributed by atoms with Gasteiger partial charge in [-0.05, 0) is 50.8 Å². The average Bonchev–Trinajstić information content (AvgIpc) is 2.67. The van der Waals surface area contributed by atoms with Crippen LogP contribution in [-0.4, -0.2) is 48.4 Å². The zero-order valence-electron chi connectivity index (χ0n) is 16.3. The van der Waals surface area contributed by atoms with Crippen LogP contribution in [0, 0.1) is 5.92 Å². The topological polar surface area (TPSA) is 53.0 Å². The van der Waals surface area contributed by atoms with Crippen LogP contribution in [0.15, 0.2) is 24.3 Å². The number of likely N-dealkylation sites (tertiary alicyclic amines) is 1. The molecule has 1 saturated heterocycles. The number of hydrogen-bond donors (Lipinski definition) is 1. The van der Waals surface area contributed by atoms with Gasteiger partial charge in [0.2, 0.25) is 0 Å². The van der Waals surface area contributed by atoms with Gasteiger partial charge in [-0.15, -0.1) is 0 Å². The molecule has 1 N–H and O–H groups in total. The molecule has 3 atom stereocenters. The normalized spacial score (nSPS) is 28.4. The van der Waals surface area contributed by atoms with Gasteiger partial charge in [-0.2, -0.15) is 0 Å². The monoisotopic (exact) mass is 360 g/mol. The fourth-order valence-electron chi connectivity index (χ4n) is 4.89. The highest BCUT2D eigenvalue weighted by molar-refractivity contribution is 5.68. The third-order valence-corrected chi connectivity index (χ3v) is 6.34. The lowest BCUT2D eigenvalue weighted by atomic mass is 9.66. The summed E-state index contributed by atoms with van der Waals surface area (Å²) in [6.45, 7) is 6.79. The number of rotatable bonds is 4. The molecule has 5 nitrogen and oxygen atoms in total. The Hall–Kier alpha value is -1.75. The fraction of sp³-hybridized carbons (Fsp3) is 0.667. The van der Waals surface area contributed by atoms with Crippen molar-refractivity contribution in [2.24, 2.45) is 5.92 Å². The first-order valence-corrected chi connectivity index (χ1v) is 9.96. The van der Waals surface area contributed by atoms with Crippen LogP contribution in [0.25, 0.3) is 0 Å². The smallest absolute Gasteiger partial charge is 0.410 e. The largest absolute Gasteiger partial charge is 0.453 e. The Kier molecular flexibility index (Phi) is 5.76. The minimum Gasteiger partial charge on any atom is -0.453 e. The number of hydrogen-bond acceptors (Lipinski definition) is 4. The van der Waals surface area contributed by atoms with Crippen LogP contribution in [0.5, 0.6) is 0 Å². The molecule has 2 fully saturated rings. The highest BCUT2D eigenvalue weighted by atomic mass is 16.5. The summed E-state index contributed by atoms with van der Waals surface area (Å²) in [5.41, 5.74) is 1.62. The molecule has 1 aromatic carbocycles. The molecule has 0 aromatic heterocycles. The summed E-state index contributed by atoms with van der Waals surface area (Å²) in [5.74, 6) is 0.0726. The molecule has 1 heterocycles. The average molecular weight is 360 g/mol. The predicted molar refractivity (Wildman–Crippen MR) is 103 cm³/mol. The van der Waals surface area contributed by atoms with Gasteiger partial charge in [0.05, 0.1) is 18.8 Å². The number of ether oxygens (including phenoxy) is 1. The maximum Gasteiger partial charge on any atom is 0.410 e. The summed E-state index contributed by atoms with van der Waals surface area (Å²) in [4.78, 5) is 16.5. The van der Waals surface area contributed by atoms with E-state index in [0.29, 0.717) is 13.0 Å². The van der Waals surface area contributed by atoms with Gasteiger partial charge in [0, 0.05) is 31.2 Å². The van der Waals surface area contributed by atoms with Gasteiger partial charge >= 0.3 is 6.09 Å². The number of aliphatic hydroxyl groups is 1. The summed E-state index contributed by atoms with van der Waals surface area (Å²) in [6, 6.07) is 8.39. The summed E-state index contributed by atoms with van der Waals surface area (Å²) >= 11 is 0. The summed E-state index contributed by atoms with van der Waals surface area (Å²) in [6.07, 6.45) is 4.30. The number of carbonyl (C=O) groups is 1. The Bertz CT molecular complexity index is 614. The first-order valence-electron chi connectivity index (χ1n) is 9.96. The lowest BCUT2D eigenvalue weighted by molar-refractivity contribution is -0.117. The molecule has 1 aliphatic heterocycles. The lowest BCUT2D eigenvalue weighted by Gasteiger charge is -2.52. The quantitative estimate of drug-likeness (QED) is 0.883. The summed E-state index contributed by atoms with van der Waals surface area (Å²) in [5, 5.41) is 11.2. The zero-order chi connectivity index (χ0) is 18.7. The highest BCUT2D eigenvalue weighted by Gasteiger charge is 2.50. The van der Waals surface area contributed by atoms with Gasteiger partial charge in [-0.1, -0.05) is 25.0 Å². The Morgan fingerprint density at radius 3 is 2.54 bits per heavy atom. The molecule has 1 amide bonds. The number of carbonyl (C=O) groups excluding carboxylic acids is 1. The van der Waals surface area contributed by atoms with Crippen LogP contribution in [0.1, 0.15) is 57.6 Å². The van der Waals surface area contributed by atoms with E-state index in [1.807, 2.05) is 4.90 Å². The number of piperidine rings is 1. The van der Waals surface area contributed by atoms with E-state index in [2.05, 4.69) is 43.0 Å². The molecule has 1 saturated carbocycles. The third-order valence-electron chi connectivity index (χ3n) is 6.34. The van der Waals surface area contributed by atoms with Crippen molar-refractivity contribution in [1.82, 2.24) is 4.90 Å². The van der Waals surface area contributed by atoms with Gasteiger partial charge in [-0.25, -0.2) is 4.79 Å². The minimum atomic E-state index is -0.662. The zero-order valence-corrected chi connectivity index (χ0v) is 16.3. The number of anilines is 1. The summed E-state index contributed by atoms with van der Waals surface area (Å²) in [7, 11) is 1.44. The minimum absolute atomic E-state index is 0.0726. The Morgan fingerprint density at radius 2 is 1.92 bits per heavy atom. The van der Waals surface area contributed by atoms with E-state index in [9.17, 15) is 9.90 Å². The van der Waals surface area contributed by atoms with Crippen molar-refractivity contribution < 1.29 is 14.6 Å². The van der Waals surface area contributed by atoms with Crippen molar-refractivity contribution in [3.63, 3.8) is 0 Å². The number of nitrogens with zero attached hydrogens (tertiary/aromatic N) is 2. The summed E-state index contributed by atoms with van der Waals surface area (Å²) < 4.78 is 5.05. The van der Waals surface area contributed by atoms with Crippen LogP contribution in [0.4, 0.5) is 10.5 Å². The van der Waals surface area contributed by atoms with E-state index in [1.54, 1.807) is 0 Å². The molecule has 5 heteroatoms. The Morgan fingerprint density at radius 1 is 1.23 bits per heavy atom. The molecular formula is C21H32N2O3. The van der Waals surface area contributed by atoms with E-state index in [-0.39, 0.29) is 18.1 Å². The standard InChI is InChI=1S/C21H32N2O3/c1-4-22(5-2)17-11-9-16(10-12-17)19-18-8-6-7-13-21(18,25)14-15-23(19)20(24)26-3/h9-12,18-19,25H,4-8,13-15H2,1-3H3/t18-,19-,21-/m0/s1. The van der Waals surface area contributed by atoms with Crippen LogP contribution in [0.3, 0.4) is 0 Å². The maximum absolute atomic E-state index is 12.4. The van der Waals surface area contributed by atoms with E-state index < -0.39 is 5.60 Å². The second-order valence-corrected chi connectivity index (χ2v) is 7.58. The first kappa shape index (κ1) is 19.0. The molecule has 1 aliphatic carbocycles. The number of methoxy groups -OCH3 is 1. The molecule has 144 valence electrons. The van der Waals surface area contributed by atoms with Crippen LogP contribution < -0.4 is 4.90 Å². The van der Waals surface area contributed by atoms with E-state index >= 15 is 0 Å². The van der Waals surface area contributed by atoms with Crippen molar-refractivity contribution in [1.29, 1.82) is 0 Å². The predicted octanol–water partition coefficient (Wildman–Crippen LogP) is 3.97. The van der Waals surface area contributed by atoms with Gasteiger partial charge in [0.15, 0.2) is 0 Å².